The van der Waals surface area contributed by atoms with Gasteiger partial charge in [-0.25, -0.2) is 29.5 Å². The number of para-hydroxylation sites is 2. The fourth-order valence-corrected chi connectivity index (χ4v) is 9.95. The van der Waals surface area contributed by atoms with E-state index in [2.05, 4.69) is 44.9 Å². The highest BCUT2D eigenvalue weighted by molar-refractivity contribution is 7.13. The summed E-state index contributed by atoms with van der Waals surface area (Å²) in [6.07, 6.45) is 3.77. The molecule has 3 aromatic carbocycles. The first-order valence-electron chi connectivity index (χ1n) is 23.5. The third-order valence-corrected chi connectivity index (χ3v) is 13.9. The van der Waals surface area contributed by atoms with Crippen LogP contribution in [0.4, 0.5) is 9.59 Å². The van der Waals surface area contributed by atoms with Crippen LogP contribution in [0.1, 0.15) is 70.7 Å². The van der Waals surface area contributed by atoms with Crippen molar-refractivity contribution in [2.45, 2.75) is 77.2 Å². The zero-order chi connectivity index (χ0) is 49.1. The molecule has 0 radical (unpaired) electrons. The molecule has 4 amide bonds. The number of alkyl carbamates (subject to hydrolysis) is 2. The number of nitrogens with zero attached hydrogens (tertiary/aromatic N) is 6. The van der Waals surface area contributed by atoms with Crippen molar-refractivity contribution in [3.8, 4) is 50.1 Å². The van der Waals surface area contributed by atoms with Gasteiger partial charge < -0.3 is 44.6 Å². The Kier molecular flexibility index (Phi) is 13.9. The molecule has 2 fully saturated rings. The van der Waals surface area contributed by atoms with Crippen molar-refractivity contribution in [3.63, 3.8) is 0 Å². The zero-order valence-electron chi connectivity index (χ0n) is 39.8. The number of carbonyl (C=O) groups is 4. The van der Waals surface area contributed by atoms with E-state index >= 15 is 0 Å². The summed E-state index contributed by atoms with van der Waals surface area (Å²) >= 11 is 1.54. The number of aromatic amines is 2. The van der Waals surface area contributed by atoms with E-state index in [9.17, 15) is 19.2 Å². The van der Waals surface area contributed by atoms with Crippen LogP contribution in [-0.2, 0) is 19.1 Å². The lowest BCUT2D eigenvalue weighted by atomic mass is 10.0. The number of likely N-dealkylation sites (tertiary alicyclic amines) is 2. The van der Waals surface area contributed by atoms with E-state index in [0.717, 1.165) is 56.9 Å². The third-order valence-electron chi connectivity index (χ3n) is 13.0. The summed E-state index contributed by atoms with van der Waals surface area (Å²) in [5, 5.41) is 7.43. The van der Waals surface area contributed by atoms with E-state index < -0.39 is 36.4 Å². The van der Waals surface area contributed by atoms with Gasteiger partial charge in [0.05, 0.1) is 72.5 Å². The van der Waals surface area contributed by atoms with Crippen LogP contribution < -0.4 is 15.4 Å². The number of imidazole rings is 2. The second-order valence-corrected chi connectivity index (χ2v) is 19.2. The Labute approximate surface area is 409 Å². The first-order valence-corrected chi connectivity index (χ1v) is 24.3. The van der Waals surface area contributed by atoms with Gasteiger partial charge in [-0.05, 0) is 70.5 Å². The van der Waals surface area contributed by atoms with Crippen LogP contribution in [-0.4, -0.2) is 109 Å². The van der Waals surface area contributed by atoms with Gasteiger partial charge in [0, 0.05) is 13.0 Å². The van der Waals surface area contributed by atoms with Crippen LogP contribution >= 0.6 is 11.3 Å². The highest BCUT2D eigenvalue weighted by Crippen LogP contribution is 2.39. The van der Waals surface area contributed by atoms with Gasteiger partial charge in [0.2, 0.25) is 17.7 Å². The first-order chi connectivity index (χ1) is 33.9. The van der Waals surface area contributed by atoms with Crippen molar-refractivity contribution in [3.05, 3.63) is 114 Å². The Morgan fingerprint density at radius 3 is 1.73 bits per heavy atom. The van der Waals surface area contributed by atoms with E-state index in [4.69, 9.17) is 34.1 Å². The normalized spacial score (nSPS) is 17.7. The molecule has 2 aliphatic heterocycles. The number of hydrogen-bond donors (Lipinski definition) is 4. The Morgan fingerprint density at radius 2 is 1.20 bits per heavy atom. The maximum atomic E-state index is 14.5. The van der Waals surface area contributed by atoms with Gasteiger partial charge in [-0.3, -0.25) is 9.59 Å². The lowest BCUT2D eigenvalue weighted by Gasteiger charge is -2.30. The van der Waals surface area contributed by atoms with E-state index in [0.29, 0.717) is 41.7 Å². The number of carbonyl (C=O) groups excluding carboxylic acids is 4. The molecule has 2 saturated heterocycles. The number of benzene rings is 3. The molecule has 7 aromatic rings. The van der Waals surface area contributed by atoms with E-state index in [1.165, 1.54) is 14.2 Å². The number of rotatable bonds is 14. The van der Waals surface area contributed by atoms with Crippen LogP contribution in [0.3, 0.4) is 0 Å². The number of amides is 4. The molecule has 1 unspecified atom stereocenters. The highest BCUT2D eigenvalue weighted by Gasteiger charge is 2.43. The van der Waals surface area contributed by atoms with E-state index in [1.807, 2.05) is 93.7 Å². The summed E-state index contributed by atoms with van der Waals surface area (Å²) in [4.78, 5) is 83.3. The fourth-order valence-electron chi connectivity index (χ4n) is 9.24. The Morgan fingerprint density at radius 1 is 0.671 bits per heavy atom. The summed E-state index contributed by atoms with van der Waals surface area (Å²) in [5.74, 6) is 0.882. The molecule has 70 heavy (non-hydrogen) atoms. The third kappa shape index (κ3) is 9.94. The monoisotopic (exact) mass is 964 g/mol. The summed E-state index contributed by atoms with van der Waals surface area (Å²) in [6.45, 7) is 8.34. The zero-order valence-corrected chi connectivity index (χ0v) is 40.7. The average Bonchev–Trinajstić information content (AvgIpc) is 4.24. The summed E-state index contributed by atoms with van der Waals surface area (Å²) in [5.41, 5.74) is 7.59. The molecule has 0 saturated carbocycles. The van der Waals surface area contributed by atoms with E-state index in [1.54, 1.807) is 33.5 Å². The number of hydrogen-bond acceptors (Lipinski definition) is 12. The molecule has 17 nitrogen and oxygen atoms in total. The number of thiophene rings is 1. The molecule has 2 aliphatic rings. The molecule has 4 N–H and O–H groups in total. The van der Waals surface area contributed by atoms with Crippen molar-refractivity contribution < 1.29 is 33.4 Å². The van der Waals surface area contributed by atoms with Crippen molar-refractivity contribution in [1.29, 1.82) is 0 Å². The van der Waals surface area contributed by atoms with Gasteiger partial charge in [-0.15, -0.1) is 11.3 Å². The first kappa shape index (κ1) is 47.5. The van der Waals surface area contributed by atoms with Gasteiger partial charge in [0.15, 0.2) is 0 Å². The summed E-state index contributed by atoms with van der Waals surface area (Å²) in [7, 11) is 2.56. The van der Waals surface area contributed by atoms with Gasteiger partial charge in [0.1, 0.15) is 35.5 Å². The van der Waals surface area contributed by atoms with Crippen LogP contribution in [0.15, 0.2) is 103 Å². The number of H-pyrrole nitrogens is 2. The maximum Gasteiger partial charge on any atom is 0.407 e. The van der Waals surface area contributed by atoms with Crippen molar-refractivity contribution >= 4 is 46.4 Å². The second-order valence-electron chi connectivity index (χ2n) is 18.2. The topological polar surface area (TPSA) is 210 Å². The van der Waals surface area contributed by atoms with Crippen LogP contribution in [0.5, 0.6) is 5.88 Å². The molecular formula is C52H56N10O7S. The number of nitrogens with one attached hydrogen (secondary N) is 4. The predicted molar refractivity (Wildman–Crippen MR) is 265 cm³/mol. The van der Waals surface area contributed by atoms with Gasteiger partial charge in [0.25, 0.3) is 0 Å². The van der Waals surface area contributed by atoms with Crippen molar-refractivity contribution in [2.24, 2.45) is 11.8 Å². The second kappa shape index (κ2) is 20.6. The molecule has 4 aromatic heterocycles. The van der Waals surface area contributed by atoms with Crippen LogP contribution in [0.2, 0.25) is 0 Å². The predicted octanol–water partition coefficient (Wildman–Crippen LogP) is 8.95. The summed E-state index contributed by atoms with van der Waals surface area (Å²) in [6, 6.07) is 25.7. The van der Waals surface area contributed by atoms with E-state index in [-0.39, 0.29) is 36.2 Å². The number of fused-ring (bicyclic) bond motifs is 1. The quantitative estimate of drug-likeness (QED) is 0.0809. The minimum absolute atomic E-state index is 0.122. The fraction of sp³-hybridized carbons (Fsp3) is 0.346. The smallest absolute Gasteiger partial charge is 0.407 e. The van der Waals surface area contributed by atoms with Crippen LogP contribution in [0.25, 0.3) is 55.2 Å². The lowest BCUT2D eigenvalue weighted by Crippen LogP contribution is -2.51. The largest absolute Gasteiger partial charge is 0.471 e. The number of methoxy groups -OCH3 is 2. The molecule has 6 heterocycles. The highest BCUT2D eigenvalue weighted by atomic mass is 32.1. The molecule has 362 valence electrons. The number of ether oxygens (including phenoxy) is 3. The Balaban J connectivity index is 0.914. The van der Waals surface area contributed by atoms with Gasteiger partial charge >= 0.3 is 12.2 Å². The number of aromatic nitrogens is 6. The Bertz CT molecular complexity index is 2970. The van der Waals surface area contributed by atoms with Gasteiger partial charge in [-0.2, -0.15) is 0 Å². The molecular weight excluding hydrogens is 909 g/mol. The van der Waals surface area contributed by atoms with Crippen LogP contribution in [0, 0.1) is 11.8 Å². The average molecular weight is 965 g/mol. The van der Waals surface area contributed by atoms with Gasteiger partial charge in [-0.1, -0.05) is 94.4 Å². The molecule has 9 rings (SSSR count). The minimum atomic E-state index is -0.856. The molecule has 0 spiro atoms. The lowest BCUT2D eigenvalue weighted by molar-refractivity contribution is -0.136. The molecule has 0 aliphatic carbocycles. The molecule has 0 bridgehead atoms. The SMILES string of the molecule is COC(=O)N[C@H](C(=O)N1CCCC1c1ncc(-c2ccc(-c3ccc(-c4cnc([C@@H]5C[C@H](Oc6nc7ccccc7nc6-c6cccs6)CN5C(=O)[C@@H](NC(=O)OC)C(C)C)[nH]4)cc3)cc2)[nH]1)C(C)C. The molecule has 5 atom stereocenters. The van der Waals surface area contributed by atoms with Crippen molar-refractivity contribution in [1.82, 2.24) is 50.3 Å². The standard InChI is InChI=1S/C52H56N10O7S/c1-29(2)43(59-51(65)67-5)49(63)61-23-9-13-40(61)46-53-26-38(56-46)33-19-15-31(16-20-33)32-17-21-34(22-18-32)39-27-54-47(57-39)41-25-35(28-62(41)50(64)44(30(3)4)60-52(66)68-6)69-48-45(42-14-10-24-70-42)55-36-11-7-8-12-37(36)58-48/h7-8,10-12,14-22,24,26-27,29-30,35,40-41,43-44H,9,13,23,25,28H2,1-6H3,(H,53,56)(H,54,57)(H,59,65)(H,60,66)/t35-,40?,41-,43-,44-/m0/s1. The Hall–Kier alpha value is -7.60. The summed E-state index contributed by atoms with van der Waals surface area (Å²) < 4.78 is 16.4. The molecule has 18 heteroatoms. The van der Waals surface area contributed by atoms with Crippen molar-refractivity contribution in [2.75, 3.05) is 27.3 Å². The maximum absolute atomic E-state index is 14.5. The minimum Gasteiger partial charge on any atom is -0.471 e.